The van der Waals surface area contributed by atoms with E-state index in [2.05, 4.69) is 12.6 Å². The van der Waals surface area contributed by atoms with Crippen molar-refractivity contribution in [1.29, 1.82) is 0 Å². The third-order valence-corrected chi connectivity index (χ3v) is 2.57. The van der Waals surface area contributed by atoms with Crippen LogP contribution in [0.3, 0.4) is 0 Å². The van der Waals surface area contributed by atoms with E-state index in [1.807, 2.05) is 0 Å². The van der Waals surface area contributed by atoms with Crippen molar-refractivity contribution in [2.75, 3.05) is 12.4 Å². The zero-order valence-corrected chi connectivity index (χ0v) is 8.72. The van der Waals surface area contributed by atoms with Gasteiger partial charge in [-0.2, -0.15) is 25.8 Å². The first kappa shape index (κ1) is 12.4. The Labute approximate surface area is 91.3 Å². The smallest absolute Gasteiger partial charge is 0.396 e. The summed E-state index contributed by atoms with van der Waals surface area (Å²) in [4.78, 5) is 0. The Morgan fingerprint density at radius 1 is 1.33 bits per heavy atom. The Hall–Kier alpha value is -0.680. The highest BCUT2D eigenvalue weighted by atomic mass is 32.1. The van der Waals surface area contributed by atoms with Gasteiger partial charge in [-0.3, -0.25) is 0 Å². The van der Waals surface area contributed by atoms with Crippen molar-refractivity contribution in [3.8, 4) is 0 Å². The highest BCUT2D eigenvalue weighted by Gasteiger charge is 2.30. The number of thiol groups is 1. The fourth-order valence-electron chi connectivity index (χ4n) is 1.24. The summed E-state index contributed by atoms with van der Waals surface area (Å²) in [6.45, 7) is -0.204. The van der Waals surface area contributed by atoms with Crippen molar-refractivity contribution < 1.29 is 18.3 Å². The van der Waals surface area contributed by atoms with Gasteiger partial charge in [0.25, 0.3) is 0 Å². The second kappa shape index (κ2) is 4.90. The number of hydrogen-bond donors (Lipinski definition) is 2. The Kier molecular flexibility index (Phi) is 4.04. The van der Waals surface area contributed by atoms with Crippen LogP contribution in [0.5, 0.6) is 0 Å². The molecule has 5 heteroatoms. The van der Waals surface area contributed by atoms with Crippen LogP contribution in [0.4, 0.5) is 13.2 Å². The Bertz CT molecular complexity index is 321. The predicted molar refractivity (Wildman–Crippen MR) is 55.1 cm³/mol. The van der Waals surface area contributed by atoms with Gasteiger partial charge in [-0.1, -0.05) is 18.2 Å². The second-order valence-electron chi connectivity index (χ2n) is 3.19. The molecule has 0 amide bonds. The van der Waals surface area contributed by atoms with E-state index in [1.165, 1.54) is 6.07 Å². The van der Waals surface area contributed by atoms with E-state index >= 15 is 0 Å². The first-order valence-electron chi connectivity index (χ1n) is 4.38. The lowest BCUT2D eigenvalue weighted by Gasteiger charge is -2.14. The number of halogens is 3. The number of alkyl halides is 3. The molecule has 1 rings (SSSR count). The van der Waals surface area contributed by atoms with Crippen LogP contribution in [0.15, 0.2) is 24.3 Å². The van der Waals surface area contributed by atoms with Gasteiger partial charge in [-0.15, -0.1) is 0 Å². The van der Waals surface area contributed by atoms with E-state index < -0.39 is 11.7 Å². The van der Waals surface area contributed by atoms with Crippen LogP contribution in [0.25, 0.3) is 0 Å². The molecule has 0 bridgehead atoms. The third kappa shape index (κ3) is 3.14. The fourth-order valence-corrected chi connectivity index (χ4v) is 1.56. The predicted octanol–water partition coefficient (Wildman–Crippen LogP) is 2.71. The Balaban J connectivity index is 3.02. The summed E-state index contributed by atoms with van der Waals surface area (Å²) >= 11 is 3.97. The molecule has 0 saturated heterocycles. The van der Waals surface area contributed by atoms with Gasteiger partial charge in [0.05, 0.1) is 12.2 Å². The number of hydrogen-bond acceptors (Lipinski definition) is 2. The average Bonchev–Trinajstić information content (AvgIpc) is 2.19. The first-order valence-corrected chi connectivity index (χ1v) is 5.01. The van der Waals surface area contributed by atoms with Gasteiger partial charge in [0.15, 0.2) is 0 Å². The van der Waals surface area contributed by atoms with Crippen molar-refractivity contribution in [3.63, 3.8) is 0 Å². The zero-order valence-electron chi connectivity index (χ0n) is 7.83. The molecule has 0 aliphatic carbocycles. The van der Waals surface area contributed by atoms with Crippen LogP contribution in [0.2, 0.25) is 0 Å². The monoisotopic (exact) mass is 236 g/mol. The number of aliphatic hydroxyl groups is 1. The van der Waals surface area contributed by atoms with E-state index in [4.69, 9.17) is 5.11 Å². The van der Waals surface area contributed by atoms with Gasteiger partial charge in [0.1, 0.15) is 0 Å². The molecule has 1 nitrogen and oxygen atoms in total. The van der Waals surface area contributed by atoms with Crippen LogP contribution in [-0.2, 0) is 6.18 Å². The molecule has 0 heterocycles. The molecule has 0 fully saturated rings. The van der Waals surface area contributed by atoms with Crippen molar-refractivity contribution in [3.05, 3.63) is 35.4 Å². The quantitative estimate of drug-likeness (QED) is 0.773. The molecule has 0 saturated carbocycles. The van der Waals surface area contributed by atoms with Gasteiger partial charge >= 0.3 is 6.18 Å². The molecule has 0 aromatic heterocycles. The molecule has 0 aliphatic rings. The van der Waals surface area contributed by atoms with Gasteiger partial charge in [-0.05, 0) is 17.4 Å². The van der Waals surface area contributed by atoms with Gasteiger partial charge in [0.2, 0.25) is 0 Å². The second-order valence-corrected chi connectivity index (χ2v) is 3.55. The van der Waals surface area contributed by atoms with Crippen LogP contribution in [0, 0.1) is 0 Å². The summed E-state index contributed by atoms with van der Waals surface area (Å²) < 4.78 is 37.1. The highest BCUT2D eigenvalue weighted by molar-refractivity contribution is 7.80. The summed E-state index contributed by atoms with van der Waals surface area (Å²) in [5.41, 5.74) is -0.234. The summed E-state index contributed by atoms with van der Waals surface area (Å²) in [5, 5.41) is 8.94. The third-order valence-electron chi connectivity index (χ3n) is 2.13. The molecule has 1 aromatic carbocycles. The lowest BCUT2D eigenvalue weighted by Crippen LogP contribution is -2.09. The fraction of sp³-hybridized carbons (Fsp3) is 0.400. The van der Waals surface area contributed by atoms with Crippen molar-refractivity contribution in [1.82, 2.24) is 0 Å². The van der Waals surface area contributed by atoms with E-state index in [-0.39, 0.29) is 12.5 Å². The number of aliphatic hydroxyl groups excluding tert-OH is 1. The van der Waals surface area contributed by atoms with Crippen molar-refractivity contribution >= 4 is 12.6 Å². The van der Waals surface area contributed by atoms with Gasteiger partial charge in [0, 0.05) is 5.92 Å². The Morgan fingerprint density at radius 2 is 2.00 bits per heavy atom. The SMILES string of the molecule is OCC(CS)c1cccc(C(F)(F)F)c1. The highest BCUT2D eigenvalue weighted by Crippen LogP contribution is 2.31. The minimum atomic E-state index is -4.34. The van der Waals surface area contributed by atoms with Crippen LogP contribution < -0.4 is 0 Å². The molecule has 1 unspecified atom stereocenters. The van der Waals surface area contributed by atoms with Gasteiger partial charge in [-0.25, -0.2) is 0 Å². The molecular weight excluding hydrogens is 225 g/mol. The summed E-state index contributed by atoms with van der Waals surface area (Å²) in [6.07, 6.45) is -4.34. The summed E-state index contributed by atoms with van der Waals surface area (Å²) in [7, 11) is 0. The minimum Gasteiger partial charge on any atom is -0.396 e. The van der Waals surface area contributed by atoms with E-state index in [0.717, 1.165) is 12.1 Å². The molecule has 15 heavy (non-hydrogen) atoms. The first-order chi connectivity index (χ1) is 6.99. The van der Waals surface area contributed by atoms with Crippen LogP contribution in [-0.4, -0.2) is 17.5 Å². The van der Waals surface area contributed by atoms with Crippen LogP contribution in [0.1, 0.15) is 17.0 Å². The maximum atomic E-state index is 12.4. The van der Waals surface area contributed by atoms with Crippen LogP contribution >= 0.6 is 12.6 Å². The van der Waals surface area contributed by atoms with E-state index in [9.17, 15) is 13.2 Å². The topological polar surface area (TPSA) is 20.2 Å². The lowest BCUT2D eigenvalue weighted by molar-refractivity contribution is -0.137. The average molecular weight is 236 g/mol. The molecule has 1 N–H and O–H groups in total. The summed E-state index contributed by atoms with van der Waals surface area (Å²) in [5.74, 6) is -0.0340. The standard InChI is InChI=1S/C10H11F3OS/c11-10(12,13)9-3-1-2-7(4-9)8(5-14)6-15/h1-4,8,14-15H,5-6H2. The molecule has 84 valence electrons. The number of benzene rings is 1. The zero-order chi connectivity index (χ0) is 11.5. The lowest BCUT2D eigenvalue weighted by atomic mass is 9.99. The molecule has 1 atom stereocenters. The molecule has 1 aromatic rings. The van der Waals surface area contributed by atoms with Gasteiger partial charge < -0.3 is 5.11 Å². The normalized spacial score (nSPS) is 13.9. The Morgan fingerprint density at radius 3 is 2.47 bits per heavy atom. The van der Waals surface area contributed by atoms with Crippen molar-refractivity contribution in [2.24, 2.45) is 0 Å². The van der Waals surface area contributed by atoms with E-state index in [1.54, 1.807) is 6.07 Å². The molecular formula is C10H11F3OS. The minimum absolute atomic E-state index is 0.204. The molecule has 0 spiro atoms. The molecule has 0 radical (unpaired) electrons. The van der Waals surface area contributed by atoms with Crippen molar-refractivity contribution in [2.45, 2.75) is 12.1 Å². The maximum Gasteiger partial charge on any atom is 0.416 e. The number of rotatable bonds is 3. The van der Waals surface area contributed by atoms with E-state index in [0.29, 0.717) is 11.3 Å². The molecule has 0 aliphatic heterocycles. The maximum absolute atomic E-state index is 12.4. The largest absolute Gasteiger partial charge is 0.416 e. The summed E-state index contributed by atoms with van der Waals surface area (Å²) in [6, 6.07) is 4.96.